The molecule has 2 atom stereocenters. The van der Waals surface area contributed by atoms with Crippen molar-refractivity contribution < 1.29 is 4.74 Å². The summed E-state index contributed by atoms with van der Waals surface area (Å²) in [5.74, 6) is 1.45. The Morgan fingerprint density at radius 2 is 2.45 bits per heavy atom. The molecule has 1 fully saturated rings. The Hall–Kier alpha value is 0.400. The monoisotopic (exact) mass is 188 g/mol. The molecule has 1 aliphatic heterocycles. The molecule has 0 spiro atoms. The highest BCUT2D eigenvalue weighted by molar-refractivity contribution is 8.70. The van der Waals surface area contributed by atoms with Gasteiger partial charge in [0, 0.05) is 12.5 Å². The van der Waals surface area contributed by atoms with E-state index >= 15 is 0 Å². The molecule has 11 heavy (non-hydrogen) atoms. The number of hydrogen-bond donors (Lipinski definition) is 1. The van der Waals surface area contributed by atoms with E-state index in [2.05, 4.69) is 17.7 Å². The van der Waals surface area contributed by atoms with E-state index < -0.39 is 0 Å². The van der Waals surface area contributed by atoms with Gasteiger partial charge in [0.05, 0.1) is 6.61 Å². The second-order valence-electron chi connectivity index (χ2n) is 3.33. The molecule has 0 aromatic heterocycles. The van der Waals surface area contributed by atoms with Crippen LogP contribution in [0, 0.1) is 11.8 Å². The summed E-state index contributed by atoms with van der Waals surface area (Å²) in [6.45, 7) is 1.89. The summed E-state index contributed by atoms with van der Waals surface area (Å²) < 4.78 is 5.45. The normalized spacial score (nSPS) is 36.6. The van der Waals surface area contributed by atoms with Gasteiger partial charge < -0.3 is 4.74 Å². The zero-order valence-electron chi connectivity index (χ0n) is 6.32. The minimum absolute atomic E-state index is 0.678. The van der Waals surface area contributed by atoms with Crippen LogP contribution in [-0.2, 0) is 4.74 Å². The van der Waals surface area contributed by atoms with Gasteiger partial charge in [-0.3, -0.25) is 0 Å². The van der Waals surface area contributed by atoms with E-state index in [4.69, 9.17) is 4.74 Å². The number of rotatable bonds is 1. The molecule has 1 aliphatic carbocycles. The largest absolute Gasteiger partial charge is 0.381 e. The molecule has 62 valence electrons. The third-order valence-corrected chi connectivity index (χ3v) is 3.59. The third kappa shape index (κ3) is 1.76. The van der Waals surface area contributed by atoms with Crippen LogP contribution in [0.5, 0.6) is 0 Å². The SMILES string of the molecule is SSC1=CC2COCC(C1)C2. The van der Waals surface area contributed by atoms with E-state index in [0.717, 1.165) is 19.1 Å². The summed E-state index contributed by atoms with van der Waals surface area (Å²) in [7, 11) is 1.60. The molecule has 1 heterocycles. The Balaban J connectivity index is 2.09. The van der Waals surface area contributed by atoms with Crippen LogP contribution in [-0.4, -0.2) is 13.2 Å². The molecule has 1 nitrogen and oxygen atoms in total. The highest BCUT2D eigenvalue weighted by Crippen LogP contribution is 2.38. The van der Waals surface area contributed by atoms with Gasteiger partial charge in [0.1, 0.15) is 0 Å². The molecule has 0 aromatic rings. The minimum atomic E-state index is 0.678. The molecule has 1 saturated heterocycles. The first-order valence-corrected chi connectivity index (χ1v) is 5.85. The summed E-state index contributed by atoms with van der Waals surface area (Å²) in [5.41, 5.74) is 0. The second kappa shape index (κ2) is 3.42. The number of thiol groups is 1. The number of hydrogen-bond acceptors (Lipinski definition) is 3. The number of ether oxygens (including phenoxy) is 1. The smallest absolute Gasteiger partial charge is 0.0529 e. The van der Waals surface area contributed by atoms with E-state index in [-0.39, 0.29) is 0 Å². The topological polar surface area (TPSA) is 9.23 Å². The molecule has 2 aliphatic rings. The Morgan fingerprint density at radius 3 is 3.18 bits per heavy atom. The van der Waals surface area contributed by atoms with Crippen molar-refractivity contribution in [2.75, 3.05) is 13.2 Å². The standard InChI is InChI=1S/C8H12OS2/c10-11-8-2-6-1-7(3-8)5-9-4-6/h2,6-7,10H,1,3-5H2. The van der Waals surface area contributed by atoms with Crippen LogP contribution >= 0.6 is 22.5 Å². The van der Waals surface area contributed by atoms with Crippen LogP contribution < -0.4 is 0 Å². The average molecular weight is 188 g/mol. The van der Waals surface area contributed by atoms with E-state index in [0.29, 0.717) is 5.92 Å². The maximum Gasteiger partial charge on any atom is 0.0529 e. The second-order valence-corrected chi connectivity index (χ2v) is 4.58. The van der Waals surface area contributed by atoms with Crippen LogP contribution in [0.2, 0.25) is 0 Å². The van der Waals surface area contributed by atoms with Crippen molar-refractivity contribution in [3.8, 4) is 0 Å². The lowest BCUT2D eigenvalue weighted by molar-refractivity contribution is 0.0255. The van der Waals surface area contributed by atoms with Gasteiger partial charge in [-0.2, -0.15) is 0 Å². The summed E-state index contributed by atoms with van der Waals surface area (Å²) >= 11 is 4.22. The lowest BCUT2D eigenvalue weighted by atomic mass is 9.85. The quantitative estimate of drug-likeness (QED) is 0.500. The Kier molecular flexibility index (Phi) is 2.49. The Labute approximate surface area is 76.4 Å². The minimum Gasteiger partial charge on any atom is -0.381 e. The van der Waals surface area contributed by atoms with E-state index in [1.165, 1.54) is 17.7 Å². The fourth-order valence-corrected chi connectivity index (χ4v) is 2.86. The molecule has 0 saturated carbocycles. The zero-order valence-corrected chi connectivity index (χ0v) is 8.04. The van der Waals surface area contributed by atoms with Crippen molar-refractivity contribution in [1.82, 2.24) is 0 Å². The van der Waals surface area contributed by atoms with Gasteiger partial charge in [0.2, 0.25) is 0 Å². The molecule has 2 rings (SSSR count). The summed E-state index contributed by atoms with van der Waals surface area (Å²) in [6, 6.07) is 0. The van der Waals surface area contributed by atoms with Gasteiger partial charge in [0.25, 0.3) is 0 Å². The third-order valence-electron chi connectivity index (χ3n) is 2.35. The van der Waals surface area contributed by atoms with E-state index in [9.17, 15) is 0 Å². The molecule has 0 amide bonds. The highest BCUT2D eigenvalue weighted by atomic mass is 33.1. The van der Waals surface area contributed by atoms with Crippen molar-refractivity contribution in [3.05, 3.63) is 11.0 Å². The first-order chi connectivity index (χ1) is 5.38. The van der Waals surface area contributed by atoms with E-state index in [1.807, 2.05) is 0 Å². The van der Waals surface area contributed by atoms with Gasteiger partial charge in [-0.25, -0.2) is 0 Å². The summed E-state index contributed by atoms with van der Waals surface area (Å²) in [6.07, 6.45) is 4.84. The predicted molar refractivity (Wildman–Crippen MR) is 51.7 cm³/mol. The van der Waals surface area contributed by atoms with Crippen LogP contribution in [0.1, 0.15) is 12.8 Å². The molecule has 0 radical (unpaired) electrons. The van der Waals surface area contributed by atoms with Crippen LogP contribution in [0.25, 0.3) is 0 Å². The molecule has 2 unspecified atom stereocenters. The van der Waals surface area contributed by atoms with Crippen LogP contribution in [0.3, 0.4) is 0 Å². The molecular weight excluding hydrogens is 176 g/mol. The van der Waals surface area contributed by atoms with Gasteiger partial charge in [-0.05, 0) is 23.7 Å². The maximum atomic E-state index is 5.45. The Morgan fingerprint density at radius 1 is 1.55 bits per heavy atom. The molecule has 0 aromatic carbocycles. The highest BCUT2D eigenvalue weighted by Gasteiger charge is 2.26. The fraction of sp³-hybridized carbons (Fsp3) is 0.750. The predicted octanol–water partition coefficient (Wildman–Crippen LogP) is 2.50. The van der Waals surface area contributed by atoms with Crippen LogP contribution in [0.4, 0.5) is 0 Å². The summed E-state index contributed by atoms with van der Waals surface area (Å²) in [4.78, 5) is 1.44. The van der Waals surface area contributed by atoms with Crippen molar-refractivity contribution in [1.29, 1.82) is 0 Å². The van der Waals surface area contributed by atoms with Crippen molar-refractivity contribution in [3.63, 3.8) is 0 Å². The van der Waals surface area contributed by atoms with Gasteiger partial charge >= 0.3 is 0 Å². The Bertz CT molecular complexity index is 179. The maximum absolute atomic E-state index is 5.45. The van der Waals surface area contributed by atoms with Crippen molar-refractivity contribution in [2.45, 2.75) is 12.8 Å². The van der Waals surface area contributed by atoms with Gasteiger partial charge in [-0.15, -0.1) is 11.7 Å². The number of fused-ring (bicyclic) bond motifs is 2. The van der Waals surface area contributed by atoms with Crippen molar-refractivity contribution in [2.24, 2.45) is 11.8 Å². The van der Waals surface area contributed by atoms with Crippen LogP contribution in [0.15, 0.2) is 11.0 Å². The number of allylic oxidation sites excluding steroid dienone is 1. The molecule has 3 heteroatoms. The molecule has 2 bridgehead atoms. The molecular formula is C8H12OS2. The van der Waals surface area contributed by atoms with E-state index in [1.54, 1.807) is 10.8 Å². The summed E-state index contributed by atoms with van der Waals surface area (Å²) in [5, 5.41) is 0. The van der Waals surface area contributed by atoms with Gasteiger partial charge in [-0.1, -0.05) is 16.9 Å². The lowest BCUT2D eigenvalue weighted by Gasteiger charge is -2.32. The molecule has 0 N–H and O–H groups in total. The van der Waals surface area contributed by atoms with Gasteiger partial charge in [0.15, 0.2) is 0 Å². The zero-order chi connectivity index (χ0) is 7.68. The first-order valence-electron chi connectivity index (χ1n) is 3.98. The average Bonchev–Trinajstić information content (AvgIpc) is 2.03. The first kappa shape index (κ1) is 8.02. The lowest BCUT2D eigenvalue weighted by Crippen LogP contribution is -2.27. The fourth-order valence-electron chi connectivity index (χ4n) is 1.89. The van der Waals surface area contributed by atoms with Crippen molar-refractivity contribution >= 4 is 22.5 Å².